The highest BCUT2D eigenvalue weighted by molar-refractivity contribution is 5.89. The van der Waals surface area contributed by atoms with Crippen molar-refractivity contribution in [3.8, 4) is 34.5 Å². The SMILES string of the molecule is O/C=C/C[C@@H]1CCc2c(O)cc(O)cc2O1.O=C(O)c1cc(O)c(O)c(O)c1. The number of phenolic OH excluding ortho intramolecular Hbond substituents is 5. The molecule has 0 unspecified atom stereocenters. The number of aliphatic hydroxyl groups is 1. The molecule has 9 nitrogen and oxygen atoms in total. The van der Waals surface area contributed by atoms with E-state index in [2.05, 4.69) is 0 Å². The Bertz CT molecular complexity index is 866. The molecule has 0 saturated heterocycles. The van der Waals surface area contributed by atoms with Gasteiger partial charge < -0.3 is 40.5 Å². The van der Waals surface area contributed by atoms with Gasteiger partial charge in [-0.1, -0.05) is 0 Å². The number of phenols is 5. The van der Waals surface area contributed by atoms with Gasteiger partial charge in [-0.2, -0.15) is 0 Å². The minimum atomic E-state index is -1.29. The van der Waals surface area contributed by atoms with E-state index in [9.17, 15) is 15.0 Å². The van der Waals surface area contributed by atoms with Crippen LogP contribution in [0.2, 0.25) is 0 Å². The molecular formula is C19H20O9. The van der Waals surface area contributed by atoms with E-state index in [-0.39, 0.29) is 23.2 Å². The predicted octanol–water partition coefficient (Wildman–Crippen LogP) is 2.75. The smallest absolute Gasteiger partial charge is 0.335 e. The Morgan fingerprint density at radius 3 is 2.25 bits per heavy atom. The lowest BCUT2D eigenvalue weighted by Crippen LogP contribution is -2.21. The van der Waals surface area contributed by atoms with Crippen LogP contribution in [0.15, 0.2) is 36.6 Å². The molecule has 9 heteroatoms. The van der Waals surface area contributed by atoms with Gasteiger partial charge in [-0.05, 0) is 31.1 Å². The van der Waals surface area contributed by atoms with Gasteiger partial charge in [0.15, 0.2) is 17.2 Å². The number of fused-ring (bicyclic) bond motifs is 1. The maximum atomic E-state index is 10.3. The van der Waals surface area contributed by atoms with Crippen molar-refractivity contribution in [2.45, 2.75) is 25.4 Å². The molecule has 1 atom stereocenters. The van der Waals surface area contributed by atoms with Crippen LogP contribution in [0.5, 0.6) is 34.5 Å². The number of ether oxygens (including phenoxy) is 1. The van der Waals surface area contributed by atoms with Crippen molar-refractivity contribution in [2.24, 2.45) is 0 Å². The molecule has 0 bridgehead atoms. The fourth-order valence-electron chi connectivity index (χ4n) is 2.62. The summed E-state index contributed by atoms with van der Waals surface area (Å²) < 4.78 is 5.61. The van der Waals surface area contributed by atoms with Crippen molar-refractivity contribution in [3.63, 3.8) is 0 Å². The summed E-state index contributed by atoms with van der Waals surface area (Å²) >= 11 is 0. The summed E-state index contributed by atoms with van der Waals surface area (Å²) in [5.74, 6) is -2.73. The normalized spacial score (nSPS) is 15.2. The molecule has 0 saturated carbocycles. The largest absolute Gasteiger partial charge is 0.516 e. The van der Waals surface area contributed by atoms with Crippen molar-refractivity contribution < 1.29 is 45.3 Å². The number of hydrogen-bond donors (Lipinski definition) is 7. The Hall–Kier alpha value is -3.75. The zero-order valence-electron chi connectivity index (χ0n) is 14.6. The van der Waals surface area contributed by atoms with Crippen LogP contribution in [0.25, 0.3) is 0 Å². The van der Waals surface area contributed by atoms with Crippen molar-refractivity contribution in [1.82, 2.24) is 0 Å². The summed E-state index contributed by atoms with van der Waals surface area (Å²) in [7, 11) is 0. The number of rotatable bonds is 3. The van der Waals surface area contributed by atoms with Crippen LogP contribution in [0, 0.1) is 0 Å². The minimum absolute atomic E-state index is 0.00500. The summed E-state index contributed by atoms with van der Waals surface area (Å²) in [4.78, 5) is 10.3. The lowest BCUT2D eigenvalue weighted by Gasteiger charge is -2.25. The first kappa shape index (κ1) is 20.6. The summed E-state index contributed by atoms with van der Waals surface area (Å²) in [5, 5.41) is 62.5. The van der Waals surface area contributed by atoms with Crippen LogP contribution in [-0.4, -0.2) is 47.8 Å². The molecule has 150 valence electrons. The van der Waals surface area contributed by atoms with E-state index in [0.717, 1.165) is 30.4 Å². The maximum Gasteiger partial charge on any atom is 0.335 e. The average Bonchev–Trinajstić information content (AvgIpc) is 2.64. The quantitative estimate of drug-likeness (QED) is 0.307. The number of hydrogen-bond acceptors (Lipinski definition) is 8. The van der Waals surface area contributed by atoms with Gasteiger partial charge in [-0.15, -0.1) is 0 Å². The van der Waals surface area contributed by atoms with Crippen LogP contribution in [0.3, 0.4) is 0 Å². The molecule has 0 spiro atoms. The molecule has 2 aromatic rings. The van der Waals surface area contributed by atoms with Gasteiger partial charge in [-0.25, -0.2) is 4.79 Å². The number of carbonyl (C=O) groups is 1. The first-order valence-corrected chi connectivity index (χ1v) is 8.21. The van der Waals surface area contributed by atoms with E-state index >= 15 is 0 Å². The topological polar surface area (TPSA) is 168 Å². The fourth-order valence-corrected chi connectivity index (χ4v) is 2.62. The lowest BCUT2D eigenvalue weighted by molar-refractivity contribution is 0.0695. The maximum absolute atomic E-state index is 10.3. The van der Waals surface area contributed by atoms with E-state index in [1.165, 1.54) is 12.1 Å². The molecule has 3 rings (SSSR count). The minimum Gasteiger partial charge on any atom is -0.516 e. The Labute approximate surface area is 159 Å². The molecule has 0 fully saturated rings. The lowest BCUT2D eigenvalue weighted by atomic mass is 9.99. The first-order valence-electron chi connectivity index (χ1n) is 8.21. The van der Waals surface area contributed by atoms with Gasteiger partial charge in [0.2, 0.25) is 0 Å². The summed E-state index contributed by atoms with van der Waals surface area (Å²) in [6.45, 7) is 0. The predicted molar refractivity (Wildman–Crippen MR) is 97.3 cm³/mol. The third-order valence-electron chi connectivity index (χ3n) is 4.00. The summed E-state index contributed by atoms with van der Waals surface area (Å²) in [5.41, 5.74) is 0.449. The second-order valence-electron chi connectivity index (χ2n) is 6.01. The molecule has 0 aliphatic carbocycles. The monoisotopic (exact) mass is 392 g/mol. The van der Waals surface area contributed by atoms with Gasteiger partial charge in [0.1, 0.15) is 23.4 Å². The van der Waals surface area contributed by atoms with Crippen LogP contribution >= 0.6 is 0 Å². The third kappa shape index (κ3) is 4.91. The van der Waals surface area contributed by atoms with E-state index in [4.69, 9.17) is 30.3 Å². The van der Waals surface area contributed by atoms with Crippen LogP contribution < -0.4 is 4.74 Å². The highest BCUT2D eigenvalue weighted by Crippen LogP contribution is 2.38. The Morgan fingerprint density at radius 2 is 1.68 bits per heavy atom. The highest BCUT2D eigenvalue weighted by Gasteiger charge is 2.22. The van der Waals surface area contributed by atoms with Crippen molar-refractivity contribution in [2.75, 3.05) is 0 Å². The first-order chi connectivity index (χ1) is 13.2. The van der Waals surface area contributed by atoms with Gasteiger partial charge >= 0.3 is 5.97 Å². The van der Waals surface area contributed by atoms with Crippen LogP contribution in [0.1, 0.15) is 28.8 Å². The van der Waals surface area contributed by atoms with Gasteiger partial charge in [0, 0.05) is 24.1 Å². The number of benzene rings is 2. The molecule has 0 amide bonds. The van der Waals surface area contributed by atoms with E-state index in [1.807, 2.05) is 0 Å². The zero-order valence-corrected chi connectivity index (χ0v) is 14.6. The molecule has 1 aliphatic rings. The third-order valence-corrected chi connectivity index (χ3v) is 4.00. The van der Waals surface area contributed by atoms with Gasteiger partial charge in [0.25, 0.3) is 0 Å². The number of aromatic hydroxyl groups is 5. The average molecular weight is 392 g/mol. The molecule has 0 aromatic heterocycles. The number of carboxylic acids is 1. The number of aromatic carboxylic acids is 1. The van der Waals surface area contributed by atoms with E-state index in [0.29, 0.717) is 18.6 Å². The molecule has 1 heterocycles. The van der Waals surface area contributed by atoms with E-state index < -0.39 is 23.2 Å². The molecule has 1 aliphatic heterocycles. The Kier molecular flexibility index (Phi) is 6.43. The molecule has 0 radical (unpaired) electrons. The van der Waals surface area contributed by atoms with Crippen LogP contribution in [-0.2, 0) is 6.42 Å². The molecular weight excluding hydrogens is 372 g/mol. The number of carboxylic acid groups (broad SMARTS) is 1. The Morgan fingerprint density at radius 1 is 1.04 bits per heavy atom. The second kappa shape index (κ2) is 8.76. The summed E-state index contributed by atoms with van der Waals surface area (Å²) in [6, 6.07) is 4.51. The van der Waals surface area contributed by atoms with Crippen molar-refractivity contribution in [1.29, 1.82) is 0 Å². The zero-order chi connectivity index (χ0) is 20.8. The Balaban J connectivity index is 0.000000209. The van der Waals surface area contributed by atoms with Crippen molar-refractivity contribution >= 4 is 5.97 Å². The van der Waals surface area contributed by atoms with E-state index in [1.54, 1.807) is 6.08 Å². The second-order valence-corrected chi connectivity index (χ2v) is 6.01. The molecule has 7 N–H and O–H groups in total. The van der Waals surface area contributed by atoms with Gasteiger partial charge in [-0.3, -0.25) is 0 Å². The highest BCUT2D eigenvalue weighted by atomic mass is 16.5. The molecule has 28 heavy (non-hydrogen) atoms. The van der Waals surface area contributed by atoms with Gasteiger partial charge in [0.05, 0.1) is 11.8 Å². The molecule has 2 aromatic carbocycles. The van der Waals surface area contributed by atoms with Crippen molar-refractivity contribution in [3.05, 3.63) is 47.7 Å². The number of aliphatic hydroxyl groups excluding tert-OH is 1. The van der Waals surface area contributed by atoms with Crippen LogP contribution in [0.4, 0.5) is 0 Å². The fraction of sp³-hybridized carbons (Fsp3) is 0.211. The summed E-state index contributed by atoms with van der Waals surface area (Å²) in [6.07, 6.45) is 4.72. The standard InChI is InChI=1S/C12H14O4.C7H6O5/c13-5-1-2-9-3-4-10-11(15)6-8(14)7-12(10)16-9;8-4-1-3(7(11)12)2-5(9)6(4)10/h1,5-7,9,13-15H,2-4H2;1-2,8-10H,(H,11,12)/b5-1+;/t9-;/m1./s1.